The average molecular weight is 359 g/mol. The number of rotatable bonds is 6. The SMILES string of the molecule is CNC(=O)C(C)N(Cc1ccccc1Cl)C(=O)Cc1ccccc1C. The fourth-order valence-electron chi connectivity index (χ4n) is 2.67. The van der Waals surface area contributed by atoms with E-state index < -0.39 is 6.04 Å². The third-order valence-corrected chi connectivity index (χ3v) is 4.68. The summed E-state index contributed by atoms with van der Waals surface area (Å²) in [5.41, 5.74) is 2.83. The first-order chi connectivity index (χ1) is 11.9. The van der Waals surface area contributed by atoms with Crippen molar-refractivity contribution in [2.45, 2.75) is 32.9 Å². The number of halogens is 1. The summed E-state index contributed by atoms with van der Waals surface area (Å²) in [5, 5.41) is 3.19. The van der Waals surface area contributed by atoms with Crippen LogP contribution in [0.15, 0.2) is 48.5 Å². The minimum absolute atomic E-state index is 0.106. The zero-order chi connectivity index (χ0) is 18.4. The fourth-order valence-corrected chi connectivity index (χ4v) is 2.87. The summed E-state index contributed by atoms with van der Waals surface area (Å²) in [6.07, 6.45) is 0.248. The van der Waals surface area contributed by atoms with E-state index in [9.17, 15) is 9.59 Å². The van der Waals surface area contributed by atoms with Gasteiger partial charge in [0.15, 0.2) is 0 Å². The summed E-state index contributed by atoms with van der Waals surface area (Å²) in [6, 6.07) is 14.5. The highest BCUT2D eigenvalue weighted by atomic mass is 35.5. The molecule has 0 saturated heterocycles. The van der Waals surface area contributed by atoms with Crippen molar-refractivity contribution in [2.24, 2.45) is 0 Å². The lowest BCUT2D eigenvalue weighted by molar-refractivity contribution is -0.139. The molecule has 0 aliphatic heterocycles. The van der Waals surface area contributed by atoms with Gasteiger partial charge in [-0.15, -0.1) is 0 Å². The highest BCUT2D eigenvalue weighted by molar-refractivity contribution is 6.31. The van der Waals surface area contributed by atoms with Crippen LogP contribution in [0.5, 0.6) is 0 Å². The van der Waals surface area contributed by atoms with Crippen molar-refractivity contribution in [3.05, 3.63) is 70.2 Å². The number of carbonyl (C=O) groups excluding carboxylic acids is 2. The van der Waals surface area contributed by atoms with Gasteiger partial charge in [-0.2, -0.15) is 0 Å². The average Bonchev–Trinajstić information content (AvgIpc) is 2.61. The number of hydrogen-bond donors (Lipinski definition) is 1. The van der Waals surface area contributed by atoms with E-state index in [2.05, 4.69) is 5.32 Å². The second-order valence-electron chi connectivity index (χ2n) is 6.01. The molecule has 1 unspecified atom stereocenters. The van der Waals surface area contributed by atoms with Crippen molar-refractivity contribution >= 4 is 23.4 Å². The van der Waals surface area contributed by atoms with Crippen molar-refractivity contribution in [3.63, 3.8) is 0 Å². The van der Waals surface area contributed by atoms with Gasteiger partial charge in [-0.1, -0.05) is 54.1 Å². The third kappa shape index (κ3) is 4.83. The molecule has 132 valence electrons. The van der Waals surface area contributed by atoms with Gasteiger partial charge >= 0.3 is 0 Å². The maximum Gasteiger partial charge on any atom is 0.242 e. The van der Waals surface area contributed by atoms with E-state index in [-0.39, 0.29) is 18.2 Å². The highest BCUT2D eigenvalue weighted by Crippen LogP contribution is 2.20. The Morgan fingerprint density at radius 1 is 1.08 bits per heavy atom. The Bertz CT molecular complexity index is 761. The zero-order valence-corrected chi connectivity index (χ0v) is 15.5. The predicted octanol–water partition coefficient (Wildman–Crippen LogP) is 3.35. The molecular formula is C20H23ClN2O2. The van der Waals surface area contributed by atoms with Crippen molar-refractivity contribution in [1.82, 2.24) is 10.2 Å². The van der Waals surface area contributed by atoms with E-state index in [1.807, 2.05) is 49.4 Å². The quantitative estimate of drug-likeness (QED) is 0.860. The lowest BCUT2D eigenvalue weighted by atomic mass is 10.0. The smallest absolute Gasteiger partial charge is 0.242 e. The Hall–Kier alpha value is -2.33. The zero-order valence-electron chi connectivity index (χ0n) is 14.8. The van der Waals surface area contributed by atoms with Crippen LogP contribution in [0, 0.1) is 6.92 Å². The van der Waals surface area contributed by atoms with Gasteiger partial charge in [0.2, 0.25) is 11.8 Å². The van der Waals surface area contributed by atoms with Crippen LogP contribution in [-0.4, -0.2) is 29.8 Å². The molecule has 0 fully saturated rings. The first kappa shape index (κ1) is 19.0. The molecule has 2 aromatic carbocycles. The highest BCUT2D eigenvalue weighted by Gasteiger charge is 2.26. The van der Waals surface area contributed by atoms with Gasteiger partial charge < -0.3 is 10.2 Å². The Morgan fingerprint density at radius 2 is 1.68 bits per heavy atom. The molecule has 1 atom stereocenters. The topological polar surface area (TPSA) is 49.4 Å². The molecule has 0 spiro atoms. The summed E-state index contributed by atoms with van der Waals surface area (Å²) < 4.78 is 0. The minimum atomic E-state index is -0.585. The van der Waals surface area contributed by atoms with Crippen LogP contribution < -0.4 is 5.32 Å². The molecule has 0 aliphatic rings. The lowest BCUT2D eigenvalue weighted by Crippen LogP contribution is -2.47. The van der Waals surface area contributed by atoms with Crippen LogP contribution in [-0.2, 0) is 22.6 Å². The number of benzene rings is 2. The van der Waals surface area contributed by atoms with Gasteiger partial charge in [0.05, 0.1) is 6.42 Å². The van der Waals surface area contributed by atoms with Crippen LogP contribution in [0.2, 0.25) is 5.02 Å². The standard InChI is InChI=1S/C20H23ClN2O2/c1-14-8-4-5-9-16(14)12-19(24)23(15(2)20(25)22-3)13-17-10-6-7-11-18(17)21/h4-11,15H,12-13H2,1-3H3,(H,22,25). The second-order valence-corrected chi connectivity index (χ2v) is 6.41. The first-order valence-electron chi connectivity index (χ1n) is 8.23. The van der Waals surface area contributed by atoms with Crippen LogP contribution in [0.4, 0.5) is 0 Å². The van der Waals surface area contributed by atoms with Crippen LogP contribution in [0.25, 0.3) is 0 Å². The summed E-state index contributed by atoms with van der Waals surface area (Å²) in [5.74, 6) is -0.310. The van der Waals surface area contributed by atoms with Gasteiger partial charge in [-0.25, -0.2) is 0 Å². The molecule has 0 aliphatic carbocycles. The largest absolute Gasteiger partial charge is 0.357 e. The Kier molecular flexibility index (Phi) is 6.59. The number of likely N-dealkylation sites (N-methyl/N-ethyl adjacent to an activating group) is 1. The van der Waals surface area contributed by atoms with E-state index in [1.165, 1.54) is 0 Å². The number of nitrogens with zero attached hydrogens (tertiary/aromatic N) is 1. The maximum atomic E-state index is 12.9. The molecule has 0 aromatic heterocycles. The molecule has 2 rings (SSSR count). The van der Waals surface area contributed by atoms with Gasteiger partial charge in [0.25, 0.3) is 0 Å². The summed E-state index contributed by atoms with van der Waals surface area (Å²) in [7, 11) is 1.57. The maximum absolute atomic E-state index is 12.9. The molecule has 4 nitrogen and oxygen atoms in total. The van der Waals surface area contributed by atoms with Crippen LogP contribution in [0.1, 0.15) is 23.6 Å². The van der Waals surface area contributed by atoms with Crippen molar-refractivity contribution < 1.29 is 9.59 Å². The van der Waals surface area contributed by atoms with E-state index in [4.69, 9.17) is 11.6 Å². The molecule has 0 bridgehead atoms. The van der Waals surface area contributed by atoms with Crippen LogP contribution >= 0.6 is 11.6 Å². The molecule has 5 heteroatoms. The Morgan fingerprint density at radius 3 is 2.28 bits per heavy atom. The van der Waals surface area contributed by atoms with E-state index in [0.29, 0.717) is 11.6 Å². The van der Waals surface area contributed by atoms with Crippen LogP contribution in [0.3, 0.4) is 0 Å². The normalized spacial score (nSPS) is 11.7. The van der Waals surface area contributed by atoms with Crippen molar-refractivity contribution in [3.8, 4) is 0 Å². The molecule has 0 saturated carbocycles. The molecule has 0 radical (unpaired) electrons. The van der Waals surface area contributed by atoms with Crippen molar-refractivity contribution in [2.75, 3.05) is 7.05 Å². The van der Waals surface area contributed by atoms with E-state index >= 15 is 0 Å². The van der Waals surface area contributed by atoms with E-state index in [0.717, 1.165) is 16.7 Å². The van der Waals surface area contributed by atoms with Gasteiger partial charge in [-0.05, 0) is 36.6 Å². The third-order valence-electron chi connectivity index (χ3n) is 4.32. The van der Waals surface area contributed by atoms with E-state index in [1.54, 1.807) is 24.9 Å². The number of aryl methyl sites for hydroxylation is 1. The summed E-state index contributed by atoms with van der Waals surface area (Å²) >= 11 is 6.24. The van der Waals surface area contributed by atoms with Crippen molar-refractivity contribution in [1.29, 1.82) is 0 Å². The molecule has 0 heterocycles. The van der Waals surface area contributed by atoms with Gasteiger partial charge in [-0.3, -0.25) is 9.59 Å². The number of nitrogens with one attached hydrogen (secondary N) is 1. The summed E-state index contributed by atoms with van der Waals surface area (Å²) in [4.78, 5) is 26.6. The molecule has 25 heavy (non-hydrogen) atoms. The molecule has 2 aromatic rings. The monoisotopic (exact) mass is 358 g/mol. The number of amides is 2. The fraction of sp³-hybridized carbons (Fsp3) is 0.300. The predicted molar refractivity (Wildman–Crippen MR) is 100 cm³/mol. The minimum Gasteiger partial charge on any atom is -0.357 e. The lowest BCUT2D eigenvalue weighted by Gasteiger charge is -2.29. The Labute approximate surface area is 153 Å². The van der Waals surface area contributed by atoms with Gasteiger partial charge in [0, 0.05) is 18.6 Å². The second kappa shape index (κ2) is 8.67. The van der Waals surface area contributed by atoms with Gasteiger partial charge in [0.1, 0.15) is 6.04 Å². The first-order valence-corrected chi connectivity index (χ1v) is 8.60. The molecule has 2 amide bonds. The number of hydrogen-bond acceptors (Lipinski definition) is 2. The Balaban J connectivity index is 2.27. The summed E-state index contributed by atoms with van der Waals surface area (Å²) in [6.45, 7) is 3.99. The molecular weight excluding hydrogens is 336 g/mol. The molecule has 1 N–H and O–H groups in total. The number of carbonyl (C=O) groups is 2.